The number of carboxylic acids is 1. The second kappa shape index (κ2) is 6.58. The maximum absolute atomic E-state index is 11.9. The number of allylic oxidation sites excluding steroid dienone is 1. The predicted molar refractivity (Wildman–Crippen MR) is 65.9 cm³/mol. The van der Waals surface area contributed by atoms with Gasteiger partial charge in [0.15, 0.2) is 0 Å². The minimum Gasteiger partial charge on any atom is -0.480 e. The number of nitrogens with one attached hydrogen (secondary N) is 1. The van der Waals surface area contributed by atoms with Crippen molar-refractivity contribution in [2.45, 2.75) is 32.4 Å². The molecule has 1 amide bonds. The second-order valence-corrected chi connectivity index (χ2v) is 3.87. The van der Waals surface area contributed by atoms with Crippen molar-refractivity contribution in [2.75, 3.05) is 0 Å². The van der Waals surface area contributed by atoms with E-state index in [1.807, 2.05) is 0 Å². The van der Waals surface area contributed by atoms with E-state index in [-0.39, 0.29) is 12.3 Å². The van der Waals surface area contributed by atoms with E-state index in [9.17, 15) is 9.59 Å². The lowest BCUT2D eigenvalue weighted by atomic mass is 10.2. The first-order valence-corrected chi connectivity index (χ1v) is 5.69. The third kappa shape index (κ3) is 3.73. The van der Waals surface area contributed by atoms with E-state index < -0.39 is 18.1 Å². The molecule has 0 aliphatic rings. The molecule has 0 fully saturated rings. The Bertz CT molecular complexity index is 426. The van der Waals surface area contributed by atoms with Gasteiger partial charge in [0.25, 0.3) is 0 Å². The van der Waals surface area contributed by atoms with Crippen LogP contribution in [0.2, 0.25) is 0 Å². The Kier molecular flexibility index (Phi) is 5.10. The molecule has 1 rings (SSSR count). The zero-order valence-corrected chi connectivity index (χ0v) is 10.4. The molecule has 18 heavy (non-hydrogen) atoms. The van der Waals surface area contributed by atoms with Crippen molar-refractivity contribution in [3.05, 3.63) is 30.6 Å². The number of carbonyl (C=O) groups excluding carboxylic acids is 1. The van der Waals surface area contributed by atoms with Gasteiger partial charge in [-0.3, -0.25) is 9.48 Å². The van der Waals surface area contributed by atoms with Crippen molar-refractivity contribution >= 4 is 11.9 Å². The first-order chi connectivity index (χ1) is 8.56. The molecule has 6 heteroatoms. The summed E-state index contributed by atoms with van der Waals surface area (Å²) in [5, 5.41) is 15.4. The van der Waals surface area contributed by atoms with Crippen molar-refractivity contribution in [1.29, 1.82) is 0 Å². The molecule has 0 radical (unpaired) electrons. The van der Waals surface area contributed by atoms with E-state index in [1.54, 1.807) is 44.5 Å². The third-order valence-corrected chi connectivity index (χ3v) is 2.52. The monoisotopic (exact) mass is 251 g/mol. The van der Waals surface area contributed by atoms with Crippen LogP contribution in [-0.2, 0) is 9.59 Å². The van der Waals surface area contributed by atoms with Gasteiger partial charge in [0.2, 0.25) is 5.91 Å². The largest absolute Gasteiger partial charge is 0.480 e. The van der Waals surface area contributed by atoms with Crippen molar-refractivity contribution in [3.8, 4) is 0 Å². The molecule has 1 aromatic rings. The van der Waals surface area contributed by atoms with E-state index in [4.69, 9.17) is 5.11 Å². The zero-order chi connectivity index (χ0) is 13.5. The SMILES string of the molecule is C/C=C/CC(NC(=O)C(C)n1cccn1)C(=O)O. The number of carbonyl (C=O) groups is 2. The number of nitrogens with zero attached hydrogens (tertiary/aromatic N) is 2. The summed E-state index contributed by atoms with van der Waals surface area (Å²) in [5.74, 6) is -1.41. The summed E-state index contributed by atoms with van der Waals surface area (Å²) >= 11 is 0. The lowest BCUT2D eigenvalue weighted by Crippen LogP contribution is -2.43. The first kappa shape index (κ1) is 14.0. The average Bonchev–Trinajstić information content (AvgIpc) is 2.86. The predicted octanol–water partition coefficient (Wildman–Crippen LogP) is 0.980. The highest BCUT2D eigenvalue weighted by molar-refractivity contribution is 5.85. The molecule has 0 saturated heterocycles. The van der Waals surface area contributed by atoms with Crippen LogP contribution in [0.25, 0.3) is 0 Å². The molecule has 2 N–H and O–H groups in total. The van der Waals surface area contributed by atoms with Gasteiger partial charge in [0, 0.05) is 12.4 Å². The Balaban J connectivity index is 2.63. The Morgan fingerprint density at radius 2 is 2.28 bits per heavy atom. The van der Waals surface area contributed by atoms with Crippen LogP contribution in [-0.4, -0.2) is 32.8 Å². The quantitative estimate of drug-likeness (QED) is 0.738. The number of amides is 1. The van der Waals surface area contributed by atoms with E-state index >= 15 is 0 Å². The van der Waals surface area contributed by atoms with Crippen LogP contribution < -0.4 is 5.32 Å². The number of aliphatic carboxylic acids is 1. The van der Waals surface area contributed by atoms with Gasteiger partial charge < -0.3 is 10.4 Å². The number of aromatic nitrogens is 2. The van der Waals surface area contributed by atoms with Crippen LogP contribution in [0.4, 0.5) is 0 Å². The van der Waals surface area contributed by atoms with Crippen LogP contribution in [0.5, 0.6) is 0 Å². The highest BCUT2D eigenvalue weighted by atomic mass is 16.4. The van der Waals surface area contributed by atoms with Crippen molar-refractivity contribution in [3.63, 3.8) is 0 Å². The molecule has 0 aliphatic heterocycles. The van der Waals surface area contributed by atoms with Crippen LogP contribution in [0, 0.1) is 0 Å². The molecular formula is C12H17N3O3. The smallest absolute Gasteiger partial charge is 0.326 e. The van der Waals surface area contributed by atoms with Crippen molar-refractivity contribution in [1.82, 2.24) is 15.1 Å². The molecule has 0 spiro atoms. The van der Waals surface area contributed by atoms with Gasteiger partial charge in [-0.25, -0.2) is 4.79 Å². The number of hydrogen-bond donors (Lipinski definition) is 2. The Hall–Kier alpha value is -2.11. The molecule has 0 bridgehead atoms. The van der Waals surface area contributed by atoms with Crippen molar-refractivity contribution < 1.29 is 14.7 Å². The standard InChI is InChI=1S/C12H17N3O3/c1-3-4-6-10(12(17)18)14-11(16)9(2)15-8-5-7-13-15/h3-5,7-10H,6H2,1-2H3,(H,14,16)(H,17,18)/b4-3+. The maximum Gasteiger partial charge on any atom is 0.326 e. The average molecular weight is 251 g/mol. The first-order valence-electron chi connectivity index (χ1n) is 5.69. The summed E-state index contributed by atoms with van der Waals surface area (Å²) in [7, 11) is 0. The van der Waals surface area contributed by atoms with Gasteiger partial charge in [0.05, 0.1) is 0 Å². The van der Waals surface area contributed by atoms with Crippen LogP contribution >= 0.6 is 0 Å². The fourth-order valence-electron chi connectivity index (χ4n) is 1.42. The minimum atomic E-state index is -1.05. The molecule has 2 atom stereocenters. The third-order valence-electron chi connectivity index (χ3n) is 2.52. The van der Waals surface area contributed by atoms with E-state index in [1.165, 1.54) is 4.68 Å². The summed E-state index contributed by atoms with van der Waals surface area (Å²) < 4.78 is 1.48. The summed E-state index contributed by atoms with van der Waals surface area (Å²) in [5.41, 5.74) is 0. The van der Waals surface area contributed by atoms with Crippen LogP contribution in [0.1, 0.15) is 26.3 Å². The van der Waals surface area contributed by atoms with Gasteiger partial charge in [-0.1, -0.05) is 12.2 Å². The van der Waals surface area contributed by atoms with Crippen molar-refractivity contribution in [2.24, 2.45) is 0 Å². The van der Waals surface area contributed by atoms with E-state index in [2.05, 4.69) is 10.4 Å². The van der Waals surface area contributed by atoms with Gasteiger partial charge in [-0.15, -0.1) is 0 Å². The van der Waals surface area contributed by atoms with Gasteiger partial charge in [0.1, 0.15) is 12.1 Å². The molecule has 1 heterocycles. The molecule has 6 nitrogen and oxygen atoms in total. The fourth-order valence-corrected chi connectivity index (χ4v) is 1.42. The van der Waals surface area contributed by atoms with E-state index in [0.29, 0.717) is 0 Å². The molecule has 1 aromatic heterocycles. The highest BCUT2D eigenvalue weighted by Gasteiger charge is 2.22. The summed E-state index contributed by atoms with van der Waals surface area (Å²) in [4.78, 5) is 22.8. The Morgan fingerprint density at radius 3 is 2.78 bits per heavy atom. The van der Waals surface area contributed by atoms with E-state index in [0.717, 1.165) is 0 Å². The van der Waals surface area contributed by atoms with Gasteiger partial charge in [-0.2, -0.15) is 5.10 Å². The molecule has 0 saturated carbocycles. The second-order valence-electron chi connectivity index (χ2n) is 3.87. The Morgan fingerprint density at radius 1 is 1.56 bits per heavy atom. The maximum atomic E-state index is 11.9. The van der Waals surface area contributed by atoms with Gasteiger partial charge in [-0.05, 0) is 26.3 Å². The highest BCUT2D eigenvalue weighted by Crippen LogP contribution is 2.05. The molecular weight excluding hydrogens is 234 g/mol. The Labute approximate surface area is 105 Å². The number of hydrogen-bond acceptors (Lipinski definition) is 3. The summed E-state index contributed by atoms with van der Waals surface area (Å²) in [6.07, 6.45) is 6.95. The molecule has 2 unspecified atom stereocenters. The molecule has 98 valence electrons. The fraction of sp³-hybridized carbons (Fsp3) is 0.417. The van der Waals surface area contributed by atoms with Crippen LogP contribution in [0.3, 0.4) is 0 Å². The van der Waals surface area contributed by atoms with Gasteiger partial charge >= 0.3 is 5.97 Å². The lowest BCUT2D eigenvalue weighted by Gasteiger charge is -2.17. The summed E-state index contributed by atoms with van der Waals surface area (Å²) in [6.45, 7) is 3.46. The molecule has 0 aliphatic carbocycles. The molecule has 0 aromatic carbocycles. The number of rotatable bonds is 6. The minimum absolute atomic E-state index is 0.267. The summed E-state index contributed by atoms with van der Waals surface area (Å²) in [6, 6.07) is 0.261. The number of carboxylic acid groups (broad SMARTS) is 1. The lowest BCUT2D eigenvalue weighted by molar-refractivity contribution is -0.142. The zero-order valence-electron chi connectivity index (χ0n) is 10.4. The normalized spacial score (nSPS) is 14.3. The topological polar surface area (TPSA) is 84.2 Å². The van der Waals surface area contributed by atoms with Crippen LogP contribution in [0.15, 0.2) is 30.6 Å².